The van der Waals surface area contributed by atoms with Crippen LogP contribution in [0.1, 0.15) is 54.1 Å². The van der Waals surface area contributed by atoms with Crippen molar-refractivity contribution in [2.75, 3.05) is 26.2 Å². The lowest BCUT2D eigenvalue weighted by molar-refractivity contribution is -0.145. The Hall–Kier alpha value is -2.97. The Morgan fingerprint density at radius 1 is 1.17 bits per heavy atom. The van der Waals surface area contributed by atoms with Crippen LogP contribution in [0.3, 0.4) is 0 Å². The summed E-state index contributed by atoms with van der Waals surface area (Å²) in [5, 5.41) is 9.34. The Bertz CT molecular complexity index is 1010. The topological polar surface area (TPSA) is 66.2 Å². The number of carbonyl (C=O) groups is 1. The predicted molar refractivity (Wildman–Crippen MR) is 116 cm³/mol. The highest BCUT2D eigenvalue weighted by atomic mass is 16.5. The van der Waals surface area contributed by atoms with E-state index in [4.69, 9.17) is 9.72 Å². The van der Waals surface area contributed by atoms with Gasteiger partial charge in [-0.25, -0.2) is 0 Å². The average molecular weight is 402 g/mol. The van der Waals surface area contributed by atoms with Crippen LogP contribution in [0.2, 0.25) is 0 Å². The average Bonchev–Trinajstić information content (AvgIpc) is 2.94. The van der Waals surface area contributed by atoms with E-state index in [0.717, 1.165) is 50.9 Å². The second-order valence-corrected chi connectivity index (χ2v) is 7.97. The molecular formula is C25H27N3O2. The molecule has 0 N–H and O–H groups in total. The van der Waals surface area contributed by atoms with Crippen molar-refractivity contribution in [3.05, 3.63) is 70.0 Å². The highest BCUT2D eigenvalue weighted by Crippen LogP contribution is 2.37. The lowest BCUT2D eigenvalue weighted by atomic mass is 9.88. The SMILES string of the molecule is CCCOC(=O)CN1CCC(=C2c3ccc(C#N)cc3CCc3cccnc32)CC1. The molecule has 1 aromatic carbocycles. The number of rotatable bonds is 4. The Labute approximate surface area is 178 Å². The summed E-state index contributed by atoms with van der Waals surface area (Å²) in [4.78, 5) is 18.9. The third-order valence-corrected chi connectivity index (χ3v) is 5.93. The largest absolute Gasteiger partial charge is 0.465 e. The molecule has 1 aromatic heterocycles. The number of aryl methyl sites for hydroxylation is 2. The van der Waals surface area contributed by atoms with E-state index in [1.54, 1.807) is 0 Å². The molecule has 4 rings (SSSR count). The van der Waals surface area contributed by atoms with Gasteiger partial charge in [-0.1, -0.05) is 24.6 Å². The van der Waals surface area contributed by atoms with E-state index in [2.05, 4.69) is 23.1 Å². The Balaban J connectivity index is 1.64. The van der Waals surface area contributed by atoms with E-state index >= 15 is 0 Å². The van der Waals surface area contributed by atoms with E-state index in [1.165, 1.54) is 27.8 Å². The summed E-state index contributed by atoms with van der Waals surface area (Å²) < 4.78 is 5.24. The summed E-state index contributed by atoms with van der Waals surface area (Å²) in [6.07, 6.45) is 6.37. The van der Waals surface area contributed by atoms with Crippen LogP contribution in [0.5, 0.6) is 0 Å². The molecule has 5 nitrogen and oxygen atoms in total. The predicted octanol–water partition coefficient (Wildman–Crippen LogP) is 3.90. The molecule has 0 amide bonds. The number of carbonyl (C=O) groups excluding carboxylic acids is 1. The van der Waals surface area contributed by atoms with Crippen LogP contribution >= 0.6 is 0 Å². The molecule has 0 saturated carbocycles. The van der Waals surface area contributed by atoms with Gasteiger partial charge in [0.15, 0.2) is 0 Å². The third kappa shape index (κ3) is 4.29. The van der Waals surface area contributed by atoms with E-state index < -0.39 is 0 Å². The summed E-state index contributed by atoms with van der Waals surface area (Å²) in [5.41, 5.74) is 8.10. The molecule has 1 saturated heterocycles. The molecule has 1 aliphatic heterocycles. The Morgan fingerprint density at radius 2 is 1.97 bits per heavy atom. The van der Waals surface area contributed by atoms with Gasteiger partial charge in [0.2, 0.25) is 0 Å². The molecule has 5 heteroatoms. The van der Waals surface area contributed by atoms with E-state index in [1.807, 2.05) is 31.3 Å². The minimum atomic E-state index is -0.135. The molecule has 0 radical (unpaired) electrons. The summed E-state index contributed by atoms with van der Waals surface area (Å²) in [6, 6.07) is 12.5. The Kier molecular flexibility index (Phi) is 6.25. The number of fused-ring (bicyclic) bond motifs is 2. The minimum Gasteiger partial charge on any atom is -0.465 e. The maximum atomic E-state index is 12.0. The lowest BCUT2D eigenvalue weighted by Crippen LogP contribution is -2.36. The fourth-order valence-electron chi connectivity index (χ4n) is 4.41. The summed E-state index contributed by atoms with van der Waals surface area (Å²) >= 11 is 0. The minimum absolute atomic E-state index is 0.135. The number of hydrogen-bond acceptors (Lipinski definition) is 5. The third-order valence-electron chi connectivity index (χ3n) is 5.93. The van der Waals surface area contributed by atoms with Gasteiger partial charge in [0.25, 0.3) is 0 Å². The zero-order valence-corrected chi connectivity index (χ0v) is 17.5. The normalized spacial score (nSPS) is 16.3. The molecule has 2 aliphatic rings. The van der Waals surface area contributed by atoms with Gasteiger partial charge in [0, 0.05) is 24.9 Å². The number of nitrogens with zero attached hydrogens (tertiary/aromatic N) is 3. The summed E-state index contributed by atoms with van der Waals surface area (Å²) in [6.45, 7) is 4.54. The number of piperidine rings is 1. The first-order valence-electron chi connectivity index (χ1n) is 10.8. The highest BCUT2D eigenvalue weighted by Gasteiger charge is 2.25. The van der Waals surface area contributed by atoms with Crippen LogP contribution in [-0.2, 0) is 22.4 Å². The van der Waals surface area contributed by atoms with Crippen molar-refractivity contribution in [3.63, 3.8) is 0 Å². The first kappa shape index (κ1) is 20.3. The molecule has 2 aromatic rings. The van der Waals surface area contributed by atoms with E-state index in [9.17, 15) is 10.1 Å². The van der Waals surface area contributed by atoms with Crippen molar-refractivity contribution in [1.82, 2.24) is 9.88 Å². The lowest BCUT2D eigenvalue weighted by Gasteiger charge is -2.29. The van der Waals surface area contributed by atoms with Crippen molar-refractivity contribution >= 4 is 11.5 Å². The molecule has 2 heterocycles. The fraction of sp³-hybridized carbons (Fsp3) is 0.400. The number of aromatic nitrogens is 1. The maximum Gasteiger partial charge on any atom is 0.320 e. The van der Waals surface area contributed by atoms with Gasteiger partial charge in [-0.05, 0) is 67.0 Å². The molecule has 1 aliphatic carbocycles. The zero-order valence-electron chi connectivity index (χ0n) is 17.5. The zero-order chi connectivity index (χ0) is 20.9. The molecule has 1 fully saturated rings. The second-order valence-electron chi connectivity index (χ2n) is 7.97. The quantitative estimate of drug-likeness (QED) is 0.727. The monoisotopic (exact) mass is 401 g/mol. The van der Waals surface area contributed by atoms with Crippen molar-refractivity contribution in [1.29, 1.82) is 5.26 Å². The number of hydrogen-bond donors (Lipinski definition) is 0. The van der Waals surface area contributed by atoms with Crippen molar-refractivity contribution in [3.8, 4) is 6.07 Å². The van der Waals surface area contributed by atoms with Crippen molar-refractivity contribution in [2.45, 2.75) is 39.0 Å². The molecule has 0 unspecified atom stereocenters. The van der Waals surface area contributed by atoms with Gasteiger partial charge in [0.05, 0.1) is 30.5 Å². The second kappa shape index (κ2) is 9.23. The van der Waals surface area contributed by atoms with Crippen LogP contribution in [0.25, 0.3) is 5.57 Å². The van der Waals surface area contributed by atoms with E-state index in [-0.39, 0.29) is 5.97 Å². The van der Waals surface area contributed by atoms with Gasteiger partial charge >= 0.3 is 5.97 Å². The van der Waals surface area contributed by atoms with Crippen LogP contribution in [0.4, 0.5) is 0 Å². The number of pyridine rings is 1. The first-order valence-corrected chi connectivity index (χ1v) is 10.8. The molecule has 0 bridgehead atoms. The number of esters is 1. The van der Waals surface area contributed by atoms with Crippen LogP contribution < -0.4 is 0 Å². The number of nitriles is 1. The van der Waals surface area contributed by atoms with Gasteiger partial charge in [-0.3, -0.25) is 14.7 Å². The van der Waals surface area contributed by atoms with Gasteiger partial charge in [0.1, 0.15) is 0 Å². The standard InChI is InChI=1S/C25H27N3O2/c1-2-14-30-23(29)17-28-12-9-19(10-13-28)24-22-8-5-18(16-26)15-21(22)7-6-20-4-3-11-27-25(20)24/h3-5,8,11,15H,2,6-7,9-10,12-14,17H2,1H3. The summed E-state index contributed by atoms with van der Waals surface area (Å²) in [7, 11) is 0. The number of benzene rings is 1. The van der Waals surface area contributed by atoms with Gasteiger partial charge < -0.3 is 4.74 Å². The van der Waals surface area contributed by atoms with Crippen LogP contribution in [-0.4, -0.2) is 42.1 Å². The maximum absolute atomic E-state index is 12.0. The molecular weight excluding hydrogens is 374 g/mol. The first-order chi connectivity index (χ1) is 14.7. The smallest absolute Gasteiger partial charge is 0.320 e. The van der Waals surface area contributed by atoms with Crippen molar-refractivity contribution in [2.24, 2.45) is 0 Å². The van der Waals surface area contributed by atoms with Crippen LogP contribution in [0.15, 0.2) is 42.1 Å². The molecule has 0 atom stereocenters. The molecule has 0 spiro atoms. The fourth-order valence-corrected chi connectivity index (χ4v) is 4.41. The van der Waals surface area contributed by atoms with Crippen LogP contribution in [0, 0.1) is 11.3 Å². The van der Waals surface area contributed by atoms with Crippen molar-refractivity contribution < 1.29 is 9.53 Å². The van der Waals surface area contributed by atoms with E-state index in [0.29, 0.717) is 18.7 Å². The highest BCUT2D eigenvalue weighted by molar-refractivity contribution is 5.84. The summed E-state index contributed by atoms with van der Waals surface area (Å²) in [5.74, 6) is -0.135. The number of likely N-dealkylation sites (tertiary alicyclic amines) is 1. The molecule has 30 heavy (non-hydrogen) atoms. The van der Waals surface area contributed by atoms with Gasteiger partial charge in [-0.15, -0.1) is 0 Å². The van der Waals surface area contributed by atoms with Gasteiger partial charge in [-0.2, -0.15) is 5.26 Å². The Morgan fingerprint density at radius 3 is 2.73 bits per heavy atom. The molecule has 154 valence electrons. The number of ether oxygens (including phenoxy) is 1.